The zero-order valence-electron chi connectivity index (χ0n) is 17.0. The molecule has 2 fully saturated rings. The summed E-state index contributed by atoms with van der Waals surface area (Å²) in [5.41, 5.74) is 0.485. The van der Waals surface area contributed by atoms with Crippen LogP contribution in [-0.4, -0.2) is 63.9 Å². The maximum Gasteiger partial charge on any atom is 0.292 e. The number of nitrogens with zero attached hydrogens (tertiary/aromatic N) is 2. The molecule has 0 radical (unpaired) electrons. The van der Waals surface area contributed by atoms with Crippen molar-refractivity contribution < 1.29 is 32.0 Å². The first-order chi connectivity index (χ1) is 14.8. The van der Waals surface area contributed by atoms with Gasteiger partial charge in [0.2, 0.25) is 15.9 Å². The molecular weight excluding hydrogens is 425 g/mol. The van der Waals surface area contributed by atoms with Crippen LogP contribution in [-0.2, 0) is 19.6 Å². The zero-order valence-corrected chi connectivity index (χ0v) is 17.8. The van der Waals surface area contributed by atoms with E-state index in [1.165, 1.54) is 34.5 Å². The van der Waals surface area contributed by atoms with Crippen LogP contribution in [0, 0.1) is 5.82 Å². The SMILES string of the molecule is COc1ccc(N2C(=O)C[C@@H]([NH+]3CCN(S(=O)(=O)c4ccccc4F)CC3)C2=O)cc1. The Labute approximate surface area is 179 Å². The molecule has 2 aliphatic rings. The lowest BCUT2D eigenvalue weighted by Gasteiger charge is -2.33. The molecule has 8 nitrogen and oxygen atoms in total. The minimum atomic E-state index is -3.95. The highest BCUT2D eigenvalue weighted by Gasteiger charge is 2.47. The zero-order chi connectivity index (χ0) is 22.2. The number of amides is 2. The Kier molecular flexibility index (Phi) is 5.78. The molecule has 0 aliphatic carbocycles. The Morgan fingerprint density at radius 2 is 1.68 bits per heavy atom. The average Bonchev–Trinajstić information content (AvgIpc) is 3.08. The molecule has 2 heterocycles. The molecule has 1 N–H and O–H groups in total. The van der Waals surface area contributed by atoms with Crippen molar-refractivity contribution in [3.8, 4) is 5.75 Å². The number of piperazine rings is 1. The molecule has 1 atom stereocenters. The monoisotopic (exact) mass is 448 g/mol. The normalized spacial score (nSPS) is 21.0. The third kappa shape index (κ3) is 3.93. The summed E-state index contributed by atoms with van der Waals surface area (Å²) in [6.07, 6.45) is 0.0697. The van der Waals surface area contributed by atoms with Gasteiger partial charge in [0.05, 0.1) is 45.4 Å². The van der Waals surface area contributed by atoms with Crippen molar-refractivity contribution in [2.75, 3.05) is 38.2 Å². The van der Waals surface area contributed by atoms with Gasteiger partial charge in [0.15, 0.2) is 6.04 Å². The molecular formula is C21H23FN3O5S+. The lowest BCUT2D eigenvalue weighted by molar-refractivity contribution is -0.918. The molecule has 4 rings (SSSR count). The fourth-order valence-electron chi connectivity index (χ4n) is 4.11. The minimum Gasteiger partial charge on any atom is -0.497 e. The second kappa shape index (κ2) is 8.37. The summed E-state index contributed by atoms with van der Waals surface area (Å²) in [5.74, 6) is -0.745. The number of quaternary nitrogens is 1. The van der Waals surface area contributed by atoms with E-state index in [0.717, 1.165) is 11.0 Å². The van der Waals surface area contributed by atoms with Crippen molar-refractivity contribution >= 4 is 27.5 Å². The highest BCUT2D eigenvalue weighted by Crippen LogP contribution is 2.25. The number of carbonyl (C=O) groups is 2. The van der Waals surface area contributed by atoms with E-state index in [-0.39, 0.29) is 36.2 Å². The predicted octanol–water partition coefficient (Wildman–Crippen LogP) is 0.0556. The summed E-state index contributed by atoms with van der Waals surface area (Å²) in [6, 6.07) is 11.4. The van der Waals surface area contributed by atoms with Gasteiger partial charge in [0.25, 0.3) is 5.91 Å². The Morgan fingerprint density at radius 3 is 2.29 bits per heavy atom. The standard InChI is InChI=1S/C21H22FN3O5S/c1-30-16-8-6-15(7-9-16)25-20(26)14-18(21(25)27)23-10-12-24(13-11-23)31(28,29)19-5-3-2-4-17(19)22/h2-9,18H,10-14H2,1H3/p+1/t18-/m1/s1. The number of benzene rings is 2. The lowest BCUT2D eigenvalue weighted by atomic mass is 10.2. The van der Waals surface area contributed by atoms with Crippen LogP contribution in [0.3, 0.4) is 0 Å². The number of sulfonamides is 1. The smallest absolute Gasteiger partial charge is 0.292 e. The number of ether oxygens (including phenoxy) is 1. The molecule has 0 spiro atoms. The molecule has 2 saturated heterocycles. The van der Waals surface area contributed by atoms with E-state index in [2.05, 4.69) is 0 Å². The van der Waals surface area contributed by atoms with Gasteiger partial charge >= 0.3 is 0 Å². The number of anilines is 1. The van der Waals surface area contributed by atoms with Gasteiger partial charge in [-0.25, -0.2) is 17.7 Å². The molecule has 0 aromatic heterocycles. The van der Waals surface area contributed by atoms with Crippen molar-refractivity contribution in [2.45, 2.75) is 17.4 Å². The summed E-state index contributed by atoms with van der Waals surface area (Å²) < 4.78 is 45.9. The number of halogens is 1. The van der Waals surface area contributed by atoms with E-state index in [9.17, 15) is 22.4 Å². The van der Waals surface area contributed by atoms with E-state index >= 15 is 0 Å². The number of methoxy groups -OCH3 is 1. The molecule has 2 aliphatic heterocycles. The molecule has 0 unspecified atom stereocenters. The fourth-order valence-corrected chi connectivity index (χ4v) is 5.62. The molecule has 0 saturated carbocycles. The van der Waals surface area contributed by atoms with Crippen molar-refractivity contribution in [1.29, 1.82) is 0 Å². The van der Waals surface area contributed by atoms with Gasteiger partial charge in [0.1, 0.15) is 16.5 Å². The number of hydrogen-bond donors (Lipinski definition) is 1. The highest BCUT2D eigenvalue weighted by molar-refractivity contribution is 7.89. The van der Waals surface area contributed by atoms with Crippen LogP contribution in [0.25, 0.3) is 0 Å². The topological polar surface area (TPSA) is 88.4 Å². The van der Waals surface area contributed by atoms with Gasteiger partial charge in [-0.3, -0.25) is 9.59 Å². The first-order valence-corrected chi connectivity index (χ1v) is 11.4. The van der Waals surface area contributed by atoms with E-state index in [1.807, 2.05) is 0 Å². The van der Waals surface area contributed by atoms with Gasteiger partial charge in [-0.05, 0) is 36.4 Å². The first kappa shape index (κ1) is 21.4. The Morgan fingerprint density at radius 1 is 1.03 bits per heavy atom. The van der Waals surface area contributed by atoms with E-state index in [0.29, 0.717) is 24.5 Å². The molecule has 2 aromatic carbocycles. The number of carbonyl (C=O) groups excluding carboxylic acids is 2. The minimum absolute atomic E-state index is 0.0697. The third-order valence-corrected chi connectivity index (χ3v) is 7.72. The van der Waals surface area contributed by atoms with Gasteiger partial charge in [0, 0.05) is 0 Å². The molecule has 31 heavy (non-hydrogen) atoms. The van der Waals surface area contributed by atoms with E-state index < -0.39 is 21.9 Å². The highest BCUT2D eigenvalue weighted by atomic mass is 32.2. The quantitative estimate of drug-likeness (QED) is 0.654. The Bertz CT molecular complexity index is 1100. The maximum absolute atomic E-state index is 14.0. The molecule has 2 amide bonds. The maximum atomic E-state index is 14.0. The van der Waals surface area contributed by atoms with Crippen LogP contribution in [0.4, 0.5) is 10.1 Å². The first-order valence-electron chi connectivity index (χ1n) is 9.93. The molecule has 10 heteroatoms. The van der Waals surface area contributed by atoms with Crippen LogP contribution in [0.1, 0.15) is 6.42 Å². The summed E-state index contributed by atoms with van der Waals surface area (Å²) in [4.78, 5) is 27.2. The predicted molar refractivity (Wildman–Crippen MR) is 110 cm³/mol. The van der Waals surface area contributed by atoms with Crippen molar-refractivity contribution in [1.82, 2.24) is 4.31 Å². The van der Waals surface area contributed by atoms with Crippen molar-refractivity contribution in [2.24, 2.45) is 0 Å². The van der Waals surface area contributed by atoms with Gasteiger partial charge in [-0.15, -0.1) is 0 Å². The summed E-state index contributed by atoms with van der Waals surface area (Å²) in [7, 11) is -2.42. The summed E-state index contributed by atoms with van der Waals surface area (Å²) >= 11 is 0. The number of nitrogens with one attached hydrogen (secondary N) is 1. The summed E-state index contributed by atoms with van der Waals surface area (Å²) in [6.45, 7) is 1.00. The van der Waals surface area contributed by atoms with Gasteiger partial charge in [-0.2, -0.15) is 4.31 Å². The van der Waals surface area contributed by atoms with E-state index in [1.54, 1.807) is 24.3 Å². The van der Waals surface area contributed by atoms with Gasteiger partial charge in [-0.1, -0.05) is 12.1 Å². The Hall–Kier alpha value is -2.82. The molecule has 164 valence electrons. The van der Waals surface area contributed by atoms with Crippen LogP contribution < -0.4 is 14.5 Å². The van der Waals surface area contributed by atoms with Crippen LogP contribution in [0.5, 0.6) is 5.75 Å². The molecule has 2 aromatic rings. The third-order valence-electron chi connectivity index (χ3n) is 5.79. The second-order valence-electron chi connectivity index (χ2n) is 7.51. The van der Waals surface area contributed by atoms with Crippen molar-refractivity contribution in [3.63, 3.8) is 0 Å². The second-order valence-corrected chi connectivity index (χ2v) is 9.42. The van der Waals surface area contributed by atoms with Gasteiger partial charge < -0.3 is 9.64 Å². The molecule has 0 bridgehead atoms. The summed E-state index contributed by atoms with van der Waals surface area (Å²) in [5, 5.41) is 0. The van der Waals surface area contributed by atoms with Crippen LogP contribution in [0.15, 0.2) is 53.4 Å². The Balaban J connectivity index is 1.45. The lowest BCUT2D eigenvalue weighted by Crippen LogP contribution is -3.19. The number of imide groups is 1. The van der Waals surface area contributed by atoms with Crippen molar-refractivity contribution in [3.05, 3.63) is 54.3 Å². The number of hydrogen-bond acceptors (Lipinski definition) is 5. The van der Waals surface area contributed by atoms with E-state index in [4.69, 9.17) is 4.74 Å². The largest absolute Gasteiger partial charge is 0.497 e. The van der Waals surface area contributed by atoms with Crippen LogP contribution >= 0.6 is 0 Å². The fraction of sp³-hybridized carbons (Fsp3) is 0.333. The number of rotatable bonds is 5. The average molecular weight is 448 g/mol. The van der Waals surface area contributed by atoms with Crippen LogP contribution in [0.2, 0.25) is 0 Å².